The lowest BCUT2D eigenvalue weighted by Crippen LogP contribution is -2.20. The molecular weight excluding hydrogens is 463 g/mol. The first-order valence-corrected chi connectivity index (χ1v) is 11.2. The number of anilines is 2. The quantitative estimate of drug-likeness (QED) is 0.481. The number of hydrogen-bond donors (Lipinski definition) is 2. The Balaban J connectivity index is 1.58. The van der Waals surface area contributed by atoms with Crippen LogP contribution in [0.3, 0.4) is 0 Å². The molecule has 10 heteroatoms. The molecule has 0 fully saturated rings. The van der Waals surface area contributed by atoms with Gasteiger partial charge in [-0.05, 0) is 66.7 Å². The molecule has 7 nitrogen and oxygen atoms in total. The van der Waals surface area contributed by atoms with E-state index in [0.717, 1.165) is 0 Å². The molecule has 3 aromatic rings. The normalized spacial score (nSPS) is 10.9. The van der Waals surface area contributed by atoms with Crippen LogP contribution in [0.25, 0.3) is 0 Å². The van der Waals surface area contributed by atoms with Crippen molar-refractivity contribution in [1.29, 1.82) is 0 Å². The van der Waals surface area contributed by atoms with Crippen LogP contribution in [0.4, 0.5) is 11.4 Å². The Morgan fingerprint density at radius 1 is 0.935 bits per heavy atom. The minimum absolute atomic E-state index is 0.0471. The van der Waals surface area contributed by atoms with E-state index in [1.807, 2.05) is 0 Å². The van der Waals surface area contributed by atoms with E-state index in [1.165, 1.54) is 37.4 Å². The van der Waals surface area contributed by atoms with Gasteiger partial charge in [0.25, 0.3) is 15.9 Å². The molecule has 0 aromatic heterocycles. The van der Waals surface area contributed by atoms with Crippen LogP contribution in [0.1, 0.15) is 0 Å². The minimum Gasteiger partial charge on any atom is -0.497 e. The van der Waals surface area contributed by atoms with Crippen molar-refractivity contribution in [3.63, 3.8) is 0 Å². The van der Waals surface area contributed by atoms with E-state index in [2.05, 4.69) is 10.0 Å². The van der Waals surface area contributed by atoms with Crippen LogP contribution in [0.5, 0.6) is 11.5 Å². The zero-order valence-corrected chi connectivity index (χ0v) is 18.6. The standard InChI is InChI=1S/C21H18Cl2N2O5S/c1-29-16-5-3-15(4-6-16)25-31(27,28)18-9-7-17(8-10-18)30-13-21(26)24-20-12-14(22)2-11-19(20)23/h2-12,25H,13H2,1H3,(H,24,26). The SMILES string of the molecule is COc1ccc(NS(=O)(=O)c2ccc(OCC(=O)Nc3cc(Cl)ccc3Cl)cc2)cc1. The molecule has 0 saturated heterocycles. The largest absolute Gasteiger partial charge is 0.497 e. The Labute approximate surface area is 189 Å². The van der Waals surface area contributed by atoms with E-state index in [0.29, 0.717) is 32.9 Å². The summed E-state index contributed by atoms with van der Waals surface area (Å²) in [6.45, 7) is -0.293. The summed E-state index contributed by atoms with van der Waals surface area (Å²) in [5.41, 5.74) is 0.770. The van der Waals surface area contributed by atoms with Crippen molar-refractivity contribution in [2.45, 2.75) is 4.90 Å². The maximum atomic E-state index is 12.5. The van der Waals surface area contributed by atoms with E-state index in [1.54, 1.807) is 36.4 Å². The van der Waals surface area contributed by atoms with Crippen LogP contribution in [0.2, 0.25) is 10.0 Å². The summed E-state index contributed by atoms with van der Waals surface area (Å²) in [5.74, 6) is 0.504. The first-order valence-electron chi connectivity index (χ1n) is 8.91. The number of benzene rings is 3. The van der Waals surface area contributed by atoms with Crippen molar-refractivity contribution in [2.24, 2.45) is 0 Å². The molecule has 0 spiro atoms. The number of amides is 1. The smallest absolute Gasteiger partial charge is 0.262 e. The number of nitrogens with one attached hydrogen (secondary N) is 2. The number of carbonyl (C=O) groups excluding carboxylic acids is 1. The lowest BCUT2D eigenvalue weighted by Gasteiger charge is -2.11. The highest BCUT2D eigenvalue weighted by atomic mass is 35.5. The van der Waals surface area contributed by atoms with Gasteiger partial charge in [0, 0.05) is 10.7 Å². The van der Waals surface area contributed by atoms with Gasteiger partial charge in [-0.1, -0.05) is 23.2 Å². The maximum absolute atomic E-state index is 12.5. The van der Waals surface area contributed by atoms with E-state index in [4.69, 9.17) is 32.7 Å². The van der Waals surface area contributed by atoms with Crippen molar-refractivity contribution in [3.05, 3.63) is 76.8 Å². The van der Waals surface area contributed by atoms with E-state index in [9.17, 15) is 13.2 Å². The molecular formula is C21H18Cl2N2O5S. The van der Waals surface area contributed by atoms with Gasteiger partial charge in [0.15, 0.2) is 6.61 Å². The molecule has 3 aromatic carbocycles. The predicted molar refractivity (Wildman–Crippen MR) is 121 cm³/mol. The molecule has 1 amide bonds. The third kappa shape index (κ3) is 6.27. The highest BCUT2D eigenvalue weighted by molar-refractivity contribution is 7.92. The lowest BCUT2D eigenvalue weighted by atomic mass is 10.3. The van der Waals surface area contributed by atoms with Crippen LogP contribution >= 0.6 is 23.2 Å². The van der Waals surface area contributed by atoms with E-state index in [-0.39, 0.29) is 11.5 Å². The van der Waals surface area contributed by atoms with Gasteiger partial charge in [-0.2, -0.15) is 0 Å². The Morgan fingerprint density at radius 3 is 2.23 bits per heavy atom. The van der Waals surface area contributed by atoms with Crippen molar-refractivity contribution < 1.29 is 22.7 Å². The topological polar surface area (TPSA) is 93.7 Å². The van der Waals surface area contributed by atoms with Gasteiger partial charge in [0.2, 0.25) is 0 Å². The number of rotatable bonds is 8. The second kappa shape index (κ2) is 9.91. The molecule has 31 heavy (non-hydrogen) atoms. The molecule has 162 valence electrons. The fourth-order valence-corrected chi connectivity index (χ4v) is 3.91. The highest BCUT2D eigenvalue weighted by Gasteiger charge is 2.15. The van der Waals surface area contributed by atoms with Crippen LogP contribution in [-0.4, -0.2) is 28.0 Å². The first-order chi connectivity index (χ1) is 14.8. The number of carbonyl (C=O) groups is 1. The molecule has 2 N–H and O–H groups in total. The predicted octanol–water partition coefficient (Wildman–Crippen LogP) is 4.82. The Hall–Kier alpha value is -2.94. The zero-order chi connectivity index (χ0) is 22.4. The van der Waals surface area contributed by atoms with E-state index >= 15 is 0 Å². The van der Waals surface area contributed by atoms with Gasteiger partial charge in [-0.3, -0.25) is 9.52 Å². The van der Waals surface area contributed by atoms with Crippen LogP contribution in [0.15, 0.2) is 71.6 Å². The van der Waals surface area contributed by atoms with Gasteiger partial charge in [-0.25, -0.2) is 8.42 Å². The van der Waals surface area contributed by atoms with Crippen molar-refractivity contribution in [3.8, 4) is 11.5 Å². The van der Waals surface area contributed by atoms with Crippen molar-refractivity contribution in [1.82, 2.24) is 0 Å². The van der Waals surface area contributed by atoms with Crippen LogP contribution < -0.4 is 19.5 Å². The van der Waals surface area contributed by atoms with Gasteiger partial charge >= 0.3 is 0 Å². The first kappa shape index (κ1) is 22.7. The maximum Gasteiger partial charge on any atom is 0.262 e. The summed E-state index contributed by atoms with van der Waals surface area (Å²) in [7, 11) is -2.26. The van der Waals surface area contributed by atoms with Crippen molar-refractivity contribution >= 4 is 50.5 Å². The highest BCUT2D eigenvalue weighted by Crippen LogP contribution is 2.25. The zero-order valence-electron chi connectivity index (χ0n) is 16.3. The summed E-state index contributed by atoms with van der Waals surface area (Å²) in [6, 6.07) is 16.9. The second-order valence-corrected chi connectivity index (χ2v) is 8.79. The molecule has 0 heterocycles. The molecule has 0 aliphatic rings. The lowest BCUT2D eigenvalue weighted by molar-refractivity contribution is -0.118. The van der Waals surface area contributed by atoms with Crippen LogP contribution in [0, 0.1) is 0 Å². The number of methoxy groups -OCH3 is 1. The average molecular weight is 481 g/mol. The second-order valence-electron chi connectivity index (χ2n) is 6.27. The third-order valence-electron chi connectivity index (χ3n) is 4.05. The fourth-order valence-electron chi connectivity index (χ4n) is 2.52. The fraction of sp³-hybridized carbons (Fsp3) is 0.0952. The minimum atomic E-state index is -3.78. The van der Waals surface area contributed by atoms with Gasteiger partial charge in [0.1, 0.15) is 11.5 Å². The van der Waals surface area contributed by atoms with Crippen molar-refractivity contribution in [2.75, 3.05) is 23.8 Å². The molecule has 0 atom stereocenters. The monoisotopic (exact) mass is 480 g/mol. The Bertz CT molecular complexity index is 1170. The van der Waals surface area contributed by atoms with E-state index < -0.39 is 15.9 Å². The summed E-state index contributed by atoms with van der Waals surface area (Å²) in [4.78, 5) is 12.1. The molecule has 0 bridgehead atoms. The molecule has 3 rings (SSSR count). The van der Waals surface area contributed by atoms with Gasteiger partial charge in [-0.15, -0.1) is 0 Å². The summed E-state index contributed by atoms with van der Waals surface area (Å²) in [6.07, 6.45) is 0. The van der Waals surface area contributed by atoms with Gasteiger partial charge in [0.05, 0.1) is 22.7 Å². The summed E-state index contributed by atoms with van der Waals surface area (Å²) in [5, 5.41) is 3.37. The summed E-state index contributed by atoms with van der Waals surface area (Å²) >= 11 is 11.9. The Kier molecular flexibility index (Phi) is 7.27. The number of ether oxygens (including phenoxy) is 2. The number of halogens is 2. The molecule has 0 aliphatic carbocycles. The molecule has 0 aliphatic heterocycles. The van der Waals surface area contributed by atoms with Crippen LogP contribution in [-0.2, 0) is 14.8 Å². The molecule has 0 unspecified atom stereocenters. The van der Waals surface area contributed by atoms with Gasteiger partial charge < -0.3 is 14.8 Å². The molecule has 0 radical (unpaired) electrons. The average Bonchev–Trinajstić information content (AvgIpc) is 2.75. The molecule has 0 saturated carbocycles. The number of sulfonamides is 1. The number of hydrogen-bond acceptors (Lipinski definition) is 5. The Morgan fingerprint density at radius 2 is 1.58 bits per heavy atom. The summed E-state index contributed by atoms with van der Waals surface area (Å²) < 4.78 is 38.0. The third-order valence-corrected chi connectivity index (χ3v) is 6.01.